The van der Waals surface area contributed by atoms with Crippen molar-refractivity contribution in [2.45, 2.75) is 26.4 Å². The number of amides is 2. The fourth-order valence-electron chi connectivity index (χ4n) is 2.67. The first-order valence-electron chi connectivity index (χ1n) is 9.06. The Labute approximate surface area is 174 Å². The highest BCUT2D eigenvalue weighted by atomic mass is 35.5. The van der Waals surface area contributed by atoms with Crippen molar-refractivity contribution in [2.75, 3.05) is 10.6 Å². The van der Waals surface area contributed by atoms with Gasteiger partial charge in [-0.15, -0.1) is 0 Å². The molecule has 1 heterocycles. The number of nitrogens with one attached hydrogen (secondary N) is 2. The molecule has 0 unspecified atom stereocenters. The van der Waals surface area contributed by atoms with Gasteiger partial charge in [0.1, 0.15) is 5.60 Å². The molecule has 0 aliphatic carbocycles. The Morgan fingerprint density at radius 1 is 0.931 bits per heavy atom. The van der Waals surface area contributed by atoms with Crippen LogP contribution in [0.2, 0.25) is 5.02 Å². The number of rotatable bonds is 3. The molecule has 6 nitrogen and oxygen atoms in total. The van der Waals surface area contributed by atoms with Gasteiger partial charge < -0.3 is 15.4 Å². The summed E-state index contributed by atoms with van der Waals surface area (Å²) in [5.41, 5.74) is 2.06. The number of hydrogen-bond acceptors (Lipinski definition) is 3. The highest BCUT2D eigenvalue weighted by Crippen LogP contribution is 2.25. The highest BCUT2D eigenvalue weighted by molar-refractivity contribution is 6.30. The van der Waals surface area contributed by atoms with Crippen molar-refractivity contribution >= 4 is 35.1 Å². The number of aromatic nitrogens is 1. The number of carbonyl (C=O) groups excluding carboxylic acids is 2. The van der Waals surface area contributed by atoms with Crippen LogP contribution in [-0.4, -0.2) is 22.3 Å². The van der Waals surface area contributed by atoms with Gasteiger partial charge in [0.2, 0.25) is 0 Å². The maximum Gasteiger partial charge on any atom is 0.418 e. The molecule has 0 spiro atoms. The van der Waals surface area contributed by atoms with Gasteiger partial charge in [0, 0.05) is 28.2 Å². The van der Waals surface area contributed by atoms with Gasteiger partial charge in [0.15, 0.2) is 0 Å². The SMILES string of the molecule is CC(C)(C)OC(=O)n1cccc1-c1cccc(NC(=O)Nc2ccc(Cl)cc2)c1. The van der Waals surface area contributed by atoms with Gasteiger partial charge in [-0.3, -0.25) is 4.57 Å². The number of urea groups is 1. The van der Waals surface area contributed by atoms with Crippen LogP contribution in [0.25, 0.3) is 11.3 Å². The molecule has 0 fully saturated rings. The molecule has 2 aromatic carbocycles. The van der Waals surface area contributed by atoms with E-state index in [1.165, 1.54) is 4.57 Å². The molecule has 0 saturated heterocycles. The average molecular weight is 412 g/mol. The van der Waals surface area contributed by atoms with Crippen LogP contribution in [-0.2, 0) is 4.74 Å². The van der Waals surface area contributed by atoms with Crippen LogP contribution < -0.4 is 10.6 Å². The molecular weight excluding hydrogens is 390 g/mol. The zero-order valence-corrected chi connectivity index (χ0v) is 17.2. The molecule has 2 N–H and O–H groups in total. The average Bonchev–Trinajstić information content (AvgIpc) is 3.12. The van der Waals surface area contributed by atoms with E-state index in [4.69, 9.17) is 16.3 Å². The smallest absolute Gasteiger partial charge is 0.418 e. The summed E-state index contributed by atoms with van der Waals surface area (Å²) in [5, 5.41) is 6.12. The molecule has 7 heteroatoms. The number of nitrogens with zero attached hydrogens (tertiary/aromatic N) is 1. The molecular formula is C22H22ClN3O3. The van der Waals surface area contributed by atoms with Crippen molar-refractivity contribution in [3.8, 4) is 11.3 Å². The quantitative estimate of drug-likeness (QED) is 0.536. The predicted octanol–water partition coefficient (Wildman–Crippen LogP) is 6.24. The van der Waals surface area contributed by atoms with Crippen LogP contribution in [0.15, 0.2) is 66.9 Å². The van der Waals surface area contributed by atoms with Gasteiger partial charge in [0.05, 0.1) is 5.69 Å². The summed E-state index contributed by atoms with van der Waals surface area (Å²) in [4.78, 5) is 24.7. The second kappa shape index (κ2) is 8.41. The van der Waals surface area contributed by atoms with E-state index < -0.39 is 11.7 Å². The minimum atomic E-state index is -0.595. The molecule has 29 heavy (non-hydrogen) atoms. The molecule has 0 aliphatic rings. The van der Waals surface area contributed by atoms with E-state index in [0.717, 1.165) is 5.56 Å². The normalized spacial score (nSPS) is 11.0. The van der Waals surface area contributed by atoms with Crippen LogP contribution in [0.3, 0.4) is 0 Å². The van der Waals surface area contributed by atoms with Gasteiger partial charge in [-0.2, -0.15) is 0 Å². The van der Waals surface area contributed by atoms with E-state index in [1.54, 1.807) is 54.7 Å². The van der Waals surface area contributed by atoms with E-state index in [2.05, 4.69) is 10.6 Å². The Bertz CT molecular complexity index is 1020. The predicted molar refractivity (Wildman–Crippen MR) is 116 cm³/mol. The fraction of sp³-hybridized carbons (Fsp3) is 0.182. The maximum atomic E-state index is 12.5. The molecule has 0 bridgehead atoms. The monoisotopic (exact) mass is 411 g/mol. The molecule has 0 aliphatic heterocycles. The Morgan fingerprint density at radius 2 is 1.62 bits per heavy atom. The second-order valence-corrected chi connectivity index (χ2v) is 7.85. The Hall–Kier alpha value is -3.25. The highest BCUT2D eigenvalue weighted by Gasteiger charge is 2.20. The van der Waals surface area contributed by atoms with Crippen molar-refractivity contribution in [1.29, 1.82) is 0 Å². The molecule has 0 atom stereocenters. The van der Waals surface area contributed by atoms with Crippen molar-refractivity contribution in [3.63, 3.8) is 0 Å². The standard InChI is InChI=1S/C22H22ClN3O3/c1-22(2,3)29-21(28)26-13-5-8-19(26)15-6-4-7-18(14-15)25-20(27)24-17-11-9-16(23)10-12-17/h4-14H,1-3H3,(H2,24,25,27). The summed E-state index contributed by atoms with van der Waals surface area (Å²) in [7, 11) is 0. The first-order valence-corrected chi connectivity index (χ1v) is 9.44. The molecule has 0 saturated carbocycles. The maximum absolute atomic E-state index is 12.5. The van der Waals surface area contributed by atoms with Crippen molar-refractivity contribution in [2.24, 2.45) is 0 Å². The van der Waals surface area contributed by atoms with Gasteiger partial charge in [-0.05, 0) is 69.3 Å². The van der Waals surface area contributed by atoms with Crippen LogP contribution in [0.1, 0.15) is 20.8 Å². The molecule has 3 aromatic rings. The second-order valence-electron chi connectivity index (χ2n) is 7.41. The molecule has 2 amide bonds. The van der Waals surface area contributed by atoms with Crippen molar-refractivity contribution in [1.82, 2.24) is 4.57 Å². The number of halogens is 1. The summed E-state index contributed by atoms with van der Waals surface area (Å²) in [6.45, 7) is 5.45. The molecule has 0 radical (unpaired) electrons. The van der Waals surface area contributed by atoms with Gasteiger partial charge in [0.25, 0.3) is 0 Å². The third-order valence-corrected chi connectivity index (χ3v) is 4.11. The molecule has 1 aromatic heterocycles. The lowest BCUT2D eigenvalue weighted by molar-refractivity contribution is 0.0540. The number of carbonyl (C=O) groups is 2. The lowest BCUT2D eigenvalue weighted by Crippen LogP contribution is -2.27. The largest absolute Gasteiger partial charge is 0.443 e. The Kier molecular flexibility index (Phi) is 5.94. The summed E-state index contributed by atoms with van der Waals surface area (Å²) < 4.78 is 6.89. The number of hydrogen-bond donors (Lipinski definition) is 2. The summed E-state index contributed by atoms with van der Waals surface area (Å²) in [5.74, 6) is 0. The lowest BCUT2D eigenvalue weighted by Gasteiger charge is -2.20. The van der Waals surface area contributed by atoms with Gasteiger partial charge >= 0.3 is 12.1 Å². The number of benzene rings is 2. The van der Waals surface area contributed by atoms with Crippen LogP contribution in [0, 0.1) is 0 Å². The number of ether oxygens (including phenoxy) is 1. The zero-order valence-electron chi connectivity index (χ0n) is 16.4. The summed E-state index contributed by atoms with van der Waals surface area (Å²) in [6.07, 6.45) is 1.19. The zero-order chi connectivity index (χ0) is 21.0. The Morgan fingerprint density at radius 3 is 2.31 bits per heavy atom. The first kappa shape index (κ1) is 20.5. The third kappa shape index (κ3) is 5.62. The molecule has 150 valence electrons. The van der Waals surface area contributed by atoms with Gasteiger partial charge in [-0.1, -0.05) is 23.7 Å². The fourth-order valence-corrected chi connectivity index (χ4v) is 2.80. The minimum Gasteiger partial charge on any atom is -0.443 e. The first-order chi connectivity index (χ1) is 13.7. The van der Waals surface area contributed by atoms with E-state index in [-0.39, 0.29) is 6.03 Å². The van der Waals surface area contributed by atoms with Crippen molar-refractivity contribution in [3.05, 3.63) is 71.9 Å². The van der Waals surface area contributed by atoms with E-state index in [1.807, 2.05) is 32.9 Å². The number of anilines is 2. The lowest BCUT2D eigenvalue weighted by atomic mass is 10.1. The Balaban J connectivity index is 1.75. The van der Waals surface area contributed by atoms with Crippen LogP contribution in [0.4, 0.5) is 21.0 Å². The molecule has 3 rings (SSSR count). The minimum absolute atomic E-state index is 0.382. The van der Waals surface area contributed by atoms with Gasteiger partial charge in [-0.25, -0.2) is 9.59 Å². The summed E-state index contributed by atoms with van der Waals surface area (Å²) >= 11 is 5.85. The van der Waals surface area contributed by atoms with E-state index in [0.29, 0.717) is 22.1 Å². The third-order valence-electron chi connectivity index (χ3n) is 3.86. The summed E-state index contributed by atoms with van der Waals surface area (Å²) in [6, 6.07) is 17.3. The van der Waals surface area contributed by atoms with Crippen molar-refractivity contribution < 1.29 is 14.3 Å². The topological polar surface area (TPSA) is 72.4 Å². The van der Waals surface area contributed by atoms with Crippen LogP contribution in [0.5, 0.6) is 0 Å². The van der Waals surface area contributed by atoms with E-state index in [9.17, 15) is 9.59 Å². The van der Waals surface area contributed by atoms with Crippen LogP contribution >= 0.6 is 11.6 Å². The van der Waals surface area contributed by atoms with E-state index >= 15 is 0 Å².